The van der Waals surface area contributed by atoms with Crippen molar-refractivity contribution >= 4 is 52.7 Å². The number of Topliss-reactive ketones (excluding diaryl/α,β-unsaturated/α-hetero) is 3. The number of carbonyl (C=O) groups is 7. The molecule has 0 aromatic heterocycles. The summed E-state index contributed by atoms with van der Waals surface area (Å²) in [5.41, 5.74) is 11.7. The van der Waals surface area contributed by atoms with Crippen molar-refractivity contribution in [2.75, 3.05) is 32.1 Å². The molecule has 13 nitrogen and oxygen atoms in total. The Morgan fingerprint density at radius 2 is 1.19 bits per heavy atom. The molecule has 63 heavy (non-hydrogen) atoms. The highest BCUT2D eigenvalue weighted by atomic mass is 32.2. The SMILES string of the molecule is CCCCCCCCCCCCCCCCCC(=O)C[C@@H](CCSC)C(=O)NCC(=O)C[C@@H](Cc1ccc(O)cc1)C(=O)N[C@@H](CCC(N)=O)C(=O)C[C@@H](CCCCN)C(=O)NC. The van der Waals surface area contributed by atoms with Crippen LogP contribution in [0.25, 0.3) is 0 Å². The number of aromatic hydroxyl groups is 1. The van der Waals surface area contributed by atoms with Gasteiger partial charge in [0.05, 0.1) is 12.6 Å². The van der Waals surface area contributed by atoms with Crippen LogP contribution in [0.3, 0.4) is 0 Å². The predicted octanol–water partition coefficient (Wildman–Crippen LogP) is 7.42. The summed E-state index contributed by atoms with van der Waals surface area (Å²) < 4.78 is 0. The molecular weight excluding hydrogens is 819 g/mol. The van der Waals surface area contributed by atoms with Crippen molar-refractivity contribution < 1.29 is 38.7 Å². The van der Waals surface area contributed by atoms with Crippen molar-refractivity contribution in [1.82, 2.24) is 16.0 Å². The molecule has 0 aliphatic rings. The Bertz CT molecular complexity index is 1480. The van der Waals surface area contributed by atoms with Crippen LogP contribution in [0.4, 0.5) is 0 Å². The maximum Gasteiger partial charge on any atom is 0.224 e. The number of primary amides is 1. The number of ketones is 3. The number of carbonyl (C=O) groups excluding carboxylic acids is 7. The molecule has 14 heteroatoms. The van der Waals surface area contributed by atoms with Gasteiger partial charge >= 0.3 is 0 Å². The van der Waals surface area contributed by atoms with Crippen LogP contribution in [0.5, 0.6) is 5.75 Å². The van der Waals surface area contributed by atoms with Gasteiger partial charge in [-0.2, -0.15) is 11.8 Å². The number of phenols is 1. The Kier molecular flexibility index (Phi) is 33.2. The predicted molar refractivity (Wildman–Crippen MR) is 254 cm³/mol. The zero-order valence-electron chi connectivity index (χ0n) is 39.0. The average Bonchev–Trinajstić information content (AvgIpc) is 3.26. The minimum Gasteiger partial charge on any atom is -0.508 e. The largest absolute Gasteiger partial charge is 0.508 e. The van der Waals surface area contributed by atoms with Crippen molar-refractivity contribution in [3.8, 4) is 5.75 Å². The van der Waals surface area contributed by atoms with Crippen LogP contribution < -0.4 is 27.4 Å². The molecule has 0 unspecified atom stereocenters. The first-order valence-corrected chi connectivity index (χ1v) is 25.3. The summed E-state index contributed by atoms with van der Waals surface area (Å²) in [5.74, 6) is -4.32. The molecular formula is C49H83N5O8S. The number of phenolic OH excluding ortho intramolecular Hbond substituents is 1. The van der Waals surface area contributed by atoms with Gasteiger partial charge < -0.3 is 32.5 Å². The molecule has 0 saturated carbocycles. The van der Waals surface area contributed by atoms with Gasteiger partial charge in [-0.15, -0.1) is 0 Å². The third-order valence-electron chi connectivity index (χ3n) is 11.8. The van der Waals surface area contributed by atoms with Crippen LogP contribution in [-0.2, 0) is 40.0 Å². The van der Waals surface area contributed by atoms with Crippen LogP contribution in [0.15, 0.2) is 24.3 Å². The molecule has 1 aromatic rings. The van der Waals surface area contributed by atoms with Gasteiger partial charge in [0.25, 0.3) is 0 Å². The molecule has 4 amide bonds. The van der Waals surface area contributed by atoms with Crippen LogP contribution in [0.1, 0.15) is 173 Å². The molecule has 1 rings (SSSR count). The fraction of sp³-hybridized carbons (Fsp3) is 0.735. The monoisotopic (exact) mass is 902 g/mol. The first-order valence-electron chi connectivity index (χ1n) is 24.0. The molecule has 0 radical (unpaired) electrons. The standard InChI is InChI=1S/C49H83N5O8S/c1-4-5-6-7-8-9-10-11-12-13-14-15-16-17-18-22-42(56)33-39(29-31-63-3)48(61)53-36-43(57)34-40(32-37-23-25-41(55)26-24-37)49(62)54-44(27-28-46(51)59)45(58)35-38(47(60)52-2)21-19-20-30-50/h23-26,38-40,44,55H,4-22,27-36,50H2,1-3H3,(H2,51,59)(H,52,60)(H,53,61)(H,54,62)/t38-,39-,40-,44+/m1/s1. The number of thioether (sulfide) groups is 1. The number of amides is 4. The summed E-state index contributed by atoms with van der Waals surface area (Å²) in [4.78, 5) is 91.8. The van der Waals surface area contributed by atoms with E-state index < -0.39 is 47.2 Å². The lowest BCUT2D eigenvalue weighted by Crippen LogP contribution is -2.46. The molecule has 0 fully saturated rings. The van der Waals surface area contributed by atoms with Crippen molar-refractivity contribution in [1.29, 1.82) is 0 Å². The van der Waals surface area contributed by atoms with Gasteiger partial charge in [0, 0.05) is 56.9 Å². The lowest BCUT2D eigenvalue weighted by atomic mass is 9.89. The molecule has 358 valence electrons. The van der Waals surface area contributed by atoms with Crippen LogP contribution in [0, 0.1) is 17.8 Å². The van der Waals surface area contributed by atoms with Crippen molar-refractivity contribution in [2.24, 2.45) is 29.2 Å². The van der Waals surface area contributed by atoms with E-state index in [2.05, 4.69) is 22.9 Å². The molecule has 0 saturated heterocycles. The molecule has 0 spiro atoms. The van der Waals surface area contributed by atoms with E-state index in [1.165, 1.54) is 96.2 Å². The molecule has 1 aromatic carbocycles. The summed E-state index contributed by atoms with van der Waals surface area (Å²) in [7, 11) is 1.48. The van der Waals surface area contributed by atoms with E-state index >= 15 is 0 Å². The van der Waals surface area contributed by atoms with Crippen LogP contribution >= 0.6 is 11.8 Å². The highest BCUT2D eigenvalue weighted by Gasteiger charge is 2.31. The molecule has 4 atom stereocenters. The summed E-state index contributed by atoms with van der Waals surface area (Å²) in [6.07, 6.45) is 22.7. The smallest absolute Gasteiger partial charge is 0.224 e. The summed E-state index contributed by atoms with van der Waals surface area (Å²) in [6, 6.07) is 5.03. The Morgan fingerprint density at radius 1 is 0.635 bits per heavy atom. The number of benzene rings is 1. The third kappa shape index (κ3) is 28.6. The normalized spacial score (nSPS) is 13.1. The van der Waals surface area contributed by atoms with Gasteiger partial charge in [-0.3, -0.25) is 33.6 Å². The van der Waals surface area contributed by atoms with E-state index in [0.717, 1.165) is 19.3 Å². The second-order valence-electron chi connectivity index (χ2n) is 17.3. The summed E-state index contributed by atoms with van der Waals surface area (Å²) in [6.45, 7) is 2.34. The second kappa shape index (κ2) is 36.5. The number of rotatable bonds is 41. The maximum atomic E-state index is 13.9. The quantitative estimate of drug-likeness (QED) is 0.0357. The highest BCUT2D eigenvalue weighted by Crippen LogP contribution is 2.21. The zero-order chi connectivity index (χ0) is 46.7. The minimum absolute atomic E-state index is 0.0251. The van der Waals surface area contributed by atoms with Crippen molar-refractivity contribution in [2.45, 2.75) is 180 Å². The first-order chi connectivity index (χ1) is 30.3. The number of nitrogens with one attached hydrogen (secondary N) is 3. The van der Waals surface area contributed by atoms with Gasteiger partial charge in [0.1, 0.15) is 11.5 Å². The lowest BCUT2D eigenvalue weighted by molar-refractivity contribution is -0.134. The van der Waals surface area contributed by atoms with Gasteiger partial charge in [0.2, 0.25) is 23.6 Å². The summed E-state index contributed by atoms with van der Waals surface area (Å²) >= 11 is 1.58. The Morgan fingerprint density at radius 3 is 1.73 bits per heavy atom. The molecule has 8 N–H and O–H groups in total. The van der Waals surface area contributed by atoms with Gasteiger partial charge in [-0.1, -0.05) is 115 Å². The van der Waals surface area contributed by atoms with E-state index in [-0.39, 0.29) is 68.4 Å². The van der Waals surface area contributed by atoms with Crippen molar-refractivity contribution in [3.05, 3.63) is 29.8 Å². The molecule has 0 bridgehead atoms. The van der Waals surface area contributed by atoms with E-state index in [1.807, 2.05) is 6.26 Å². The Balaban J connectivity index is 2.81. The fourth-order valence-electron chi connectivity index (χ4n) is 7.85. The topological polar surface area (TPSA) is 228 Å². The average molecular weight is 902 g/mol. The number of nitrogens with two attached hydrogens (primary N) is 2. The van der Waals surface area contributed by atoms with Crippen molar-refractivity contribution in [3.63, 3.8) is 0 Å². The zero-order valence-corrected chi connectivity index (χ0v) is 39.8. The van der Waals surface area contributed by atoms with E-state index in [9.17, 15) is 38.7 Å². The minimum atomic E-state index is -1.15. The fourth-order valence-corrected chi connectivity index (χ4v) is 8.37. The second-order valence-corrected chi connectivity index (χ2v) is 18.3. The number of hydrogen-bond acceptors (Lipinski definition) is 10. The lowest BCUT2D eigenvalue weighted by Gasteiger charge is -2.24. The highest BCUT2D eigenvalue weighted by molar-refractivity contribution is 7.98. The van der Waals surface area contributed by atoms with Gasteiger partial charge in [-0.05, 0) is 74.8 Å². The maximum absolute atomic E-state index is 13.9. The van der Waals surface area contributed by atoms with Crippen LogP contribution in [-0.4, -0.2) is 84.3 Å². The Labute approximate surface area is 383 Å². The molecule has 0 aliphatic heterocycles. The van der Waals surface area contributed by atoms with E-state index in [4.69, 9.17) is 11.5 Å². The molecule has 0 heterocycles. The van der Waals surface area contributed by atoms with Gasteiger partial charge in [-0.25, -0.2) is 0 Å². The third-order valence-corrected chi connectivity index (χ3v) is 12.4. The first kappa shape index (κ1) is 57.2. The molecule has 0 aliphatic carbocycles. The van der Waals surface area contributed by atoms with E-state index in [0.29, 0.717) is 50.0 Å². The van der Waals surface area contributed by atoms with Crippen LogP contribution in [0.2, 0.25) is 0 Å². The van der Waals surface area contributed by atoms with E-state index in [1.54, 1.807) is 23.9 Å². The number of hydrogen-bond donors (Lipinski definition) is 6. The number of unbranched alkanes of at least 4 members (excludes halogenated alkanes) is 15. The summed E-state index contributed by atoms with van der Waals surface area (Å²) in [5, 5.41) is 17.9. The van der Waals surface area contributed by atoms with Gasteiger partial charge in [0.15, 0.2) is 11.6 Å². The Hall–Kier alpha value is -3.78.